The smallest absolute Gasteiger partial charge is 0.246 e. The molecular weight excluding hydrogens is 225 g/mol. The monoisotopic (exact) mass is 228 g/mol. The van der Waals surface area contributed by atoms with Gasteiger partial charge in [-0.15, -0.1) is 11.6 Å². The molecule has 1 nitrogen and oxygen atoms in total. The Bertz CT molecular complexity index is 93.7. The second-order valence-electron chi connectivity index (χ2n) is 1.42. The van der Waals surface area contributed by atoms with Crippen molar-refractivity contribution in [3.63, 3.8) is 0 Å². The van der Waals surface area contributed by atoms with Crippen LogP contribution in [0.1, 0.15) is 0 Å². The van der Waals surface area contributed by atoms with E-state index in [1.54, 1.807) is 0 Å². The van der Waals surface area contributed by atoms with Crippen LogP contribution in [0.25, 0.3) is 0 Å². The maximum atomic E-state index is 12.4. The third kappa shape index (κ3) is 4.80. The molecule has 0 spiro atoms. The Labute approximate surface area is 78.3 Å². The van der Waals surface area contributed by atoms with Crippen molar-refractivity contribution in [1.29, 1.82) is 0 Å². The van der Waals surface area contributed by atoms with Gasteiger partial charge in [-0.3, -0.25) is 0 Å². The highest BCUT2D eigenvalue weighted by atomic mass is 35.6. The molecule has 6 heteroatoms. The number of hydrogen-bond donors (Lipinski definition) is 0. The summed E-state index contributed by atoms with van der Waals surface area (Å²) in [4.78, 5) is 0. The summed E-state index contributed by atoms with van der Waals surface area (Å²) in [6.45, 7) is 0.0244. The van der Waals surface area contributed by atoms with Crippen molar-refractivity contribution in [2.75, 3.05) is 12.5 Å². The van der Waals surface area contributed by atoms with E-state index in [9.17, 15) is 4.39 Å². The number of hydrogen-bond acceptors (Lipinski definition) is 1. The first kappa shape index (κ1) is 11.1. The fourth-order valence-electron chi connectivity index (χ4n) is 0.243. The molecule has 0 unspecified atom stereocenters. The van der Waals surface area contributed by atoms with E-state index < -0.39 is 10.2 Å². The third-order valence-electron chi connectivity index (χ3n) is 0.599. The highest BCUT2D eigenvalue weighted by molar-refractivity contribution is 6.67. The lowest BCUT2D eigenvalue weighted by Crippen LogP contribution is -2.24. The molecule has 1 atom stereocenters. The summed E-state index contributed by atoms with van der Waals surface area (Å²) >= 11 is 20.5. The van der Waals surface area contributed by atoms with E-state index in [1.165, 1.54) is 0 Å². The minimum absolute atomic E-state index is 0.0244. The van der Waals surface area contributed by atoms with E-state index in [0.717, 1.165) is 0 Å². The fourth-order valence-corrected chi connectivity index (χ4v) is 0.521. The Morgan fingerprint density at radius 1 is 1.40 bits per heavy atom. The molecule has 0 aromatic carbocycles. The normalized spacial score (nSPS) is 15.3. The molecule has 0 aliphatic carbocycles. The molecule has 62 valence electrons. The van der Waals surface area contributed by atoms with Crippen molar-refractivity contribution in [2.24, 2.45) is 0 Å². The van der Waals surface area contributed by atoms with Gasteiger partial charge in [0.2, 0.25) is 10.2 Å². The first-order valence-electron chi connectivity index (χ1n) is 2.37. The standard InChI is InChI=1S/C4H5Cl4FO/c5-1-2-10-3(9)4(6,7)8/h3H,1-2H2/t3-/m0/s1. The van der Waals surface area contributed by atoms with Gasteiger partial charge in [0.1, 0.15) is 0 Å². The molecule has 0 fully saturated rings. The number of rotatable bonds is 3. The van der Waals surface area contributed by atoms with Crippen LogP contribution in [-0.2, 0) is 4.74 Å². The minimum Gasteiger partial charge on any atom is -0.344 e. The summed E-state index contributed by atoms with van der Waals surface area (Å²) in [6.07, 6.45) is -1.92. The van der Waals surface area contributed by atoms with Crippen molar-refractivity contribution in [1.82, 2.24) is 0 Å². The molecule has 0 saturated carbocycles. The Hall–Kier alpha value is 1.05. The molecule has 0 aromatic heterocycles. The first-order valence-corrected chi connectivity index (χ1v) is 4.03. The average Bonchev–Trinajstić information content (AvgIpc) is 1.80. The van der Waals surface area contributed by atoms with Crippen LogP contribution in [0, 0.1) is 0 Å². The van der Waals surface area contributed by atoms with Crippen LogP contribution in [0.2, 0.25) is 0 Å². The van der Waals surface area contributed by atoms with Gasteiger partial charge in [0.15, 0.2) is 0 Å². The zero-order valence-electron chi connectivity index (χ0n) is 4.79. The zero-order valence-corrected chi connectivity index (χ0v) is 7.81. The molecule has 0 aliphatic heterocycles. The van der Waals surface area contributed by atoms with Gasteiger partial charge in [-0.1, -0.05) is 34.8 Å². The maximum Gasteiger partial charge on any atom is 0.246 e. The van der Waals surface area contributed by atoms with E-state index in [0.29, 0.717) is 0 Å². The van der Waals surface area contributed by atoms with E-state index in [2.05, 4.69) is 4.74 Å². The summed E-state index contributed by atoms with van der Waals surface area (Å²) in [6, 6.07) is 0. The Kier molecular flexibility index (Phi) is 5.34. The largest absolute Gasteiger partial charge is 0.344 e. The lowest BCUT2D eigenvalue weighted by molar-refractivity contribution is -0.0276. The minimum atomic E-state index is -2.02. The van der Waals surface area contributed by atoms with E-state index in [1.807, 2.05) is 0 Å². The van der Waals surface area contributed by atoms with Crippen LogP contribution in [0.5, 0.6) is 0 Å². The molecule has 0 N–H and O–H groups in total. The van der Waals surface area contributed by atoms with Crippen LogP contribution >= 0.6 is 46.4 Å². The summed E-state index contributed by atoms with van der Waals surface area (Å²) in [5.41, 5.74) is 0. The Morgan fingerprint density at radius 3 is 2.20 bits per heavy atom. The Morgan fingerprint density at radius 2 is 1.90 bits per heavy atom. The first-order chi connectivity index (χ1) is 4.48. The van der Waals surface area contributed by atoms with Gasteiger partial charge >= 0.3 is 0 Å². The zero-order chi connectivity index (χ0) is 8.20. The van der Waals surface area contributed by atoms with Crippen molar-refractivity contribution in [2.45, 2.75) is 10.2 Å². The number of alkyl halides is 5. The van der Waals surface area contributed by atoms with Gasteiger partial charge in [-0.2, -0.15) is 0 Å². The van der Waals surface area contributed by atoms with Gasteiger partial charge in [0.05, 0.1) is 6.61 Å². The second kappa shape index (κ2) is 4.83. The van der Waals surface area contributed by atoms with Gasteiger partial charge in [0.25, 0.3) is 0 Å². The molecule has 0 rings (SSSR count). The summed E-state index contributed by atoms with van der Waals surface area (Å²) in [5.74, 6) is 0.168. The SMILES string of the molecule is F[C@@H](OCCCl)C(Cl)(Cl)Cl. The molecule has 0 amide bonds. The van der Waals surface area contributed by atoms with Gasteiger partial charge in [0, 0.05) is 5.88 Å². The van der Waals surface area contributed by atoms with Crippen LogP contribution in [-0.4, -0.2) is 22.6 Å². The van der Waals surface area contributed by atoms with E-state index in [-0.39, 0.29) is 12.5 Å². The molecule has 0 aromatic rings. The molecule has 10 heavy (non-hydrogen) atoms. The Balaban J connectivity index is 3.52. The maximum absolute atomic E-state index is 12.4. The summed E-state index contributed by atoms with van der Waals surface area (Å²) < 4.78 is 14.8. The number of halogens is 5. The average molecular weight is 230 g/mol. The molecule has 0 bridgehead atoms. The summed E-state index contributed by atoms with van der Waals surface area (Å²) in [7, 11) is 0. The van der Waals surface area contributed by atoms with Crippen molar-refractivity contribution < 1.29 is 9.13 Å². The van der Waals surface area contributed by atoms with Gasteiger partial charge in [-0.05, 0) is 0 Å². The van der Waals surface area contributed by atoms with E-state index >= 15 is 0 Å². The molecular formula is C4H5Cl4FO. The lowest BCUT2D eigenvalue weighted by atomic mass is 10.7. The van der Waals surface area contributed by atoms with Crippen LogP contribution in [0.4, 0.5) is 4.39 Å². The van der Waals surface area contributed by atoms with Crippen LogP contribution < -0.4 is 0 Å². The van der Waals surface area contributed by atoms with Crippen LogP contribution in [0.15, 0.2) is 0 Å². The molecule has 0 aliphatic rings. The van der Waals surface area contributed by atoms with Crippen molar-refractivity contribution >= 4 is 46.4 Å². The third-order valence-corrected chi connectivity index (χ3v) is 1.27. The molecule has 0 heterocycles. The molecule has 0 radical (unpaired) electrons. The van der Waals surface area contributed by atoms with Gasteiger partial charge < -0.3 is 4.74 Å². The second-order valence-corrected chi connectivity index (χ2v) is 4.16. The quantitative estimate of drug-likeness (QED) is 0.677. The predicted octanol–water partition coefficient (Wildman–Crippen LogP) is 2.91. The molecule has 0 saturated heterocycles. The topological polar surface area (TPSA) is 9.23 Å². The van der Waals surface area contributed by atoms with Gasteiger partial charge in [-0.25, -0.2) is 4.39 Å². The summed E-state index contributed by atoms with van der Waals surface area (Å²) in [5, 5.41) is 0. The highest BCUT2D eigenvalue weighted by Gasteiger charge is 2.33. The van der Waals surface area contributed by atoms with Crippen molar-refractivity contribution in [3.05, 3.63) is 0 Å². The predicted molar refractivity (Wildman–Crippen MR) is 41.9 cm³/mol. The van der Waals surface area contributed by atoms with E-state index in [4.69, 9.17) is 46.4 Å². The lowest BCUT2D eigenvalue weighted by Gasteiger charge is -2.15. The van der Waals surface area contributed by atoms with Crippen LogP contribution in [0.3, 0.4) is 0 Å². The highest BCUT2D eigenvalue weighted by Crippen LogP contribution is 2.32. The van der Waals surface area contributed by atoms with Crippen molar-refractivity contribution in [3.8, 4) is 0 Å². The fraction of sp³-hybridized carbons (Fsp3) is 1.00. The number of ether oxygens (including phenoxy) is 1.